The van der Waals surface area contributed by atoms with Crippen LogP contribution in [0.1, 0.15) is 62.6 Å². The highest BCUT2D eigenvalue weighted by molar-refractivity contribution is 7.10. The highest BCUT2D eigenvalue weighted by atomic mass is 32.1. The molecule has 174 valence electrons. The minimum atomic E-state index is -0.206. The van der Waals surface area contributed by atoms with Gasteiger partial charge in [-0.25, -0.2) is 4.79 Å². The average molecular weight is 458 g/mol. The monoisotopic (exact) mass is 457 g/mol. The molecule has 1 aliphatic heterocycles. The Labute approximate surface area is 195 Å². The average Bonchev–Trinajstić information content (AvgIpc) is 3.24. The zero-order valence-electron chi connectivity index (χ0n) is 19.8. The first-order chi connectivity index (χ1) is 15.3. The maximum absolute atomic E-state index is 13.3. The maximum Gasteiger partial charge on any atom is 0.318 e. The Hall–Kier alpha value is -2.54. The van der Waals surface area contributed by atoms with Crippen molar-refractivity contribution in [3.05, 3.63) is 51.7 Å². The van der Waals surface area contributed by atoms with Crippen LogP contribution in [0, 0.1) is 0 Å². The van der Waals surface area contributed by atoms with Gasteiger partial charge in [-0.3, -0.25) is 4.79 Å². The van der Waals surface area contributed by atoms with E-state index in [1.54, 1.807) is 16.2 Å². The molecule has 1 atom stereocenters. The minimum Gasteiger partial charge on any atom is -0.491 e. The number of amides is 3. The smallest absolute Gasteiger partial charge is 0.318 e. The molecular formula is C25H35N3O3S. The van der Waals surface area contributed by atoms with Crippen LogP contribution in [0.25, 0.3) is 0 Å². The van der Waals surface area contributed by atoms with Crippen molar-refractivity contribution in [2.45, 2.75) is 59.0 Å². The van der Waals surface area contributed by atoms with Gasteiger partial charge < -0.3 is 19.9 Å². The Bertz CT molecular complexity index is 907. The zero-order chi connectivity index (χ0) is 23.3. The molecule has 3 amide bonds. The lowest BCUT2D eigenvalue weighted by atomic mass is 10.00. The van der Waals surface area contributed by atoms with Gasteiger partial charge in [-0.1, -0.05) is 26.0 Å². The lowest BCUT2D eigenvalue weighted by molar-refractivity contribution is -0.135. The van der Waals surface area contributed by atoms with Crippen molar-refractivity contribution in [1.82, 2.24) is 15.1 Å². The number of hydrogen-bond acceptors (Lipinski definition) is 4. The number of carbonyl (C=O) groups is 2. The predicted octanol–water partition coefficient (Wildman–Crippen LogP) is 4.82. The Morgan fingerprint density at radius 3 is 2.53 bits per heavy atom. The SMILES string of the molecule is CCN(CC(=O)N1CCc2sccc2[C@H]1COc1ccc(C(C)C)cc1)C(=O)NC(C)C. The second-order valence-corrected chi connectivity index (χ2v) is 9.81. The molecule has 7 heteroatoms. The van der Waals surface area contributed by atoms with Gasteiger partial charge in [0.1, 0.15) is 18.9 Å². The van der Waals surface area contributed by atoms with E-state index in [2.05, 4.69) is 42.7 Å². The van der Waals surface area contributed by atoms with Gasteiger partial charge in [0.2, 0.25) is 5.91 Å². The second kappa shape index (κ2) is 10.9. The number of nitrogens with zero attached hydrogens (tertiary/aromatic N) is 2. The van der Waals surface area contributed by atoms with E-state index in [-0.39, 0.29) is 30.6 Å². The van der Waals surface area contributed by atoms with Crippen LogP contribution in [0.5, 0.6) is 5.75 Å². The number of fused-ring (bicyclic) bond motifs is 1. The fraction of sp³-hybridized carbons (Fsp3) is 0.520. The molecule has 1 aromatic heterocycles. The number of benzene rings is 1. The summed E-state index contributed by atoms with van der Waals surface area (Å²) < 4.78 is 6.14. The van der Waals surface area contributed by atoms with Crippen LogP contribution in [0.2, 0.25) is 0 Å². The Balaban J connectivity index is 1.72. The van der Waals surface area contributed by atoms with Gasteiger partial charge >= 0.3 is 6.03 Å². The molecule has 1 aromatic carbocycles. The number of hydrogen-bond donors (Lipinski definition) is 1. The number of carbonyl (C=O) groups excluding carboxylic acids is 2. The summed E-state index contributed by atoms with van der Waals surface area (Å²) in [6.45, 7) is 11.6. The fourth-order valence-corrected chi connectivity index (χ4v) is 4.85. The molecule has 0 saturated carbocycles. The third-order valence-corrected chi connectivity index (χ3v) is 6.77. The first kappa shape index (κ1) is 24.1. The lowest BCUT2D eigenvalue weighted by Crippen LogP contribution is -2.50. The number of likely N-dealkylation sites (N-methyl/N-ethyl adjacent to an activating group) is 1. The van der Waals surface area contributed by atoms with Crippen LogP contribution >= 0.6 is 11.3 Å². The van der Waals surface area contributed by atoms with Crippen LogP contribution in [0.3, 0.4) is 0 Å². The Kier molecular flexibility index (Phi) is 8.18. The standard InChI is InChI=1S/C25H35N3O3S/c1-6-27(25(30)26-18(4)5)15-24(29)28-13-11-23-21(12-14-32-23)22(28)16-31-20-9-7-19(8-10-20)17(2)3/h7-10,12,14,17-18,22H,6,11,13,15-16H2,1-5H3,(H,26,30)/t22-/m1/s1. The van der Waals surface area contributed by atoms with Crippen LogP contribution in [-0.4, -0.2) is 54.0 Å². The van der Waals surface area contributed by atoms with Gasteiger partial charge in [0.25, 0.3) is 0 Å². The van der Waals surface area contributed by atoms with Crippen LogP contribution in [0.4, 0.5) is 4.79 Å². The summed E-state index contributed by atoms with van der Waals surface area (Å²) in [4.78, 5) is 30.5. The van der Waals surface area contributed by atoms with Crippen molar-refractivity contribution < 1.29 is 14.3 Å². The largest absolute Gasteiger partial charge is 0.491 e. The minimum absolute atomic E-state index is 0.0261. The van der Waals surface area contributed by atoms with E-state index in [1.165, 1.54) is 10.4 Å². The van der Waals surface area contributed by atoms with E-state index in [1.807, 2.05) is 37.8 Å². The third-order valence-electron chi connectivity index (χ3n) is 5.78. The van der Waals surface area contributed by atoms with E-state index in [4.69, 9.17) is 4.74 Å². The molecule has 6 nitrogen and oxygen atoms in total. The summed E-state index contributed by atoms with van der Waals surface area (Å²) in [6, 6.07) is 9.92. The van der Waals surface area contributed by atoms with E-state index in [9.17, 15) is 9.59 Å². The number of thiophene rings is 1. The molecule has 0 radical (unpaired) electrons. The van der Waals surface area contributed by atoms with Crippen molar-refractivity contribution in [1.29, 1.82) is 0 Å². The van der Waals surface area contributed by atoms with Crippen molar-refractivity contribution >= 4 is 23.3 Å². The van der Waals surface area contributed by atoms with Gasteiger partial charge in [0, 0.05) is 24.0 Å². The molecule has 2 heterocycles. The molecule has 0 saturated heterocycles. The van der Waals surface area contributed by atoms with Crippen molar-refractivity contribution in [3.8, 4) is 5.75 Å². The van der Waals surface area contributed by atoms with Crippen LogP contribution in [-0.2, 0) is 11.2 Å². The maximum atomic E-state index is 13.3. The molecule has 2 aromatic rings. The molecular weight excluding hydrogens is 422 g/mol. The second-order valence-electron chi connectivity index (χ2n) is 8.81. The van der Waals surface area contributed by atoms with Gasteiger partial charge in [-0.05, 0) is 67.8 Å². The Morgan fingerprint density at radius 2 is 1.91 bits per heavy atom. The summed E-state index contributed by atoms with van der Waals surface area (Å²) in [5.74, 6) is 1.22. The summed E-state index contributed by atoms with van der Waals surface area (Å²) >= 11 is 1.73. The van der Waals surface area contributed by atoms with Crippen molar-refractivity contribution in [3.63, 3.8) is 0 Å². The number of nitrogens with one attached hydrogen (secondary N) is 1. The summed E-state index contributed by atoms with van der Waals surface area (Å²) in [5, 5.41) is 4.96. The number of ether oxygens (including phenoxy) is 1. The lowest BCUT2D eigenvalue weighted by Gasteiger charge is -2.37. The Morgan fingerprint density at radius 1 is 1.19 bits per heavy atom. The molecule has 0 spiro atoms. The molecule has 0 aliphatic carbocycles. The number of urea groups is 1. The topological polar surface area (TPSA) is 61.9 Å². The van der Waals surface area contributed by atoms with E-state index in [0.29, 0.717) is 25.6 Å². The molecule has 0 unspecified atom stereocenters. The molecule has 32 heavy (non-hydrogen) atoms. The zero-order valence-corrected chi connectivity index (χ0v) is 20.6. The van der Waals surface area contributed by atoms with Crippen LogP contribution in [0.15, 0.2) is 35.7 Å². The van der Waals surface area contributed by atoms with Gasteiger partial charge in [-0.15, -0.1) is 11.3 Å². The molecule has 1 aliphatic rings. The molecule has 0 fully saturated rings. The number of rotatable bonds is 8. The molecule has 1 N–H and O–H groups in total. The first-order valence-electron chi connectivity index (χ1n) is 11.4. The van der Waals surface area contributed by atoms with Gasteiger partial charge in [0.05, 0.1) is 6.04 Å². The summed E-state index contributed by atoms with van der Waals surface area (Å²) in [7, 11) is 0. The first-order valence-corrected chi connectivity index (χ1v) is 12.3. The van der Waals surface area contributed by atoms with Crippen molar-refractivity contribution in [2.75, 3.05) is 26.2 Å². The fourth-order valence-electron chi connectivity index (χ4n) is 3.92. The molecule has 3 rings (SSSR count). The predicted molar refractivity (Wildman–Crippen MR) is 129 cm³/mol. The summed E-state index contributed by atoms with van der Waals surface area (Å²) in [6.07, 6.45) is 0.836. The summed E-state index contributed by atoms with van der Waals surface area (Å²) in [5.41, 5.74) is 2.43. The van der Waals surface area contributed by atoms with E-state index < -0.39 is 0 Å². The van der Waals surface area contributed by atoms with Gasteiger partial charge in [0.15, 0.2) is 0 Å². The van der Waals surface area contributed by atoms with E-state index >= 15 is 0 Å². The highest BCUT2D eigenvalue weighted by Gasteiger charge is 2.33. The van der Waals surface area contributed by atoms with Gasteiger partial charge in [-0.2, -0.15) is 0 Å². The molecule has 0 bridgehead atoms. The normalized spacial score (nSPS) is 15.6. The van der Waals surface area contributed by atoms with Crippen molar-refractivity contribution in [2.24, 2.45) is 0 Å². The quantitative estimate of drug-likeness (QED) is 0.618. The highest BCUT2D eigenvalue weighted by Crippen LogP contribution is 2.34. The van der Waals surface area contributed by atoms with Crippen LogP contribution < -0.4 is 10.1 Å². The van der Waals surface area contributed by atoms with E-state index in [0.717, 1.165) is 17.7 Å². The third kappa shape index (κ3) is 5.82.